The molecule has 0 amide bonds. The van der Waals surface area contributed by atoms with Gasteiger partial charge in [-0.05, 0) is 32.4 Å². The number of anilines is 1. The molecule has 0 aromatic carbocycles. The summed E-state index contributed by atoms with van der Waals surface area (Å²) in [6, 6.07) is 1.99. The van der Waals surface area contributed by atoms with E-state index in [0.29, 0.717) is 0 Å². The van der Waals surface area contributed by atoms with Crippen molar-refractivity contribution >= 4 is 27.4 Å². The molecule has 23 heavy (non-hydrogen) atoms. The summed E-state index contributed by atoms with van der Waals surface area (Å²) in [5, 5.41) is 15.4. The quantitative estimate of drug-likeness (QED) is 0.783. The molecule has 7 heteroatoms. The lowest BCUT2D eigenvalue weighted by molar-refractivity contribution is 0.193. The van der Waals surface area contributed by atoms with Crippen molar-refractivity contribution in [3.8, 4) is 0 Å². The van der Waals surface area contributed by atoms with Gasteiger partial charge in [0.05, 0.1) is 36.0 Å². The minimum Gasteiger partial charge on any atom is -0.387 e. The normalized spacial score (nSPS) is 15.9. The Hall–Kier alpha value is -1.99. The van der Waals surface area contributed by atoms with Crippen molar-refractivity contribution in [2.45, 2.75) is 40.0 Å². The van der Waals surface area contributed by atoms with E-state index in [1.54, 1.807) is 24.6 Å². The van der Waals surface area contributed by atoms with Crippen LogP contribution in [0.5, 0.6) is 0 Å². The fourth-order valence-corrected chi connectivity index (χ4v) is 4.07. The van der Waals surface area contributed by atoms with Crippen LogP contribution in [0.4, 0.5) is 5.82 Å². The topological polar surface area (TPSA) is 67.1 Å². The highest BCUT2D eigenvalue weighted by Gasteiger charge is 2.23. The monoisotopic (exact) mass is 329 g/mol. The van der Waals surface area contributed by atoms with Gasteiger partial charge in [-0.2, -0.15) is 5.10 Å². The highest BCUT2D eigenvalue weighted by atomic mass is 32.1. The van der Waals surface area contributed by atoms with Crippen LogP contribution < -0.4 is 4.90 Å². The van der Waals surface area contributed by atoms with Gasteiger partial charge in [0.2, 0.25) is 0 Å². The van der Waals surface area contributed by atoms with Crippen LogP contribution in [0.2, 0.25) is 0 Å². The van der Waals surface area contributed by atoms with E-state index < -0.39 is 6.10 Å². The summed E-state index contributed by atoms with van der Waals surface area (Å²) >= 11 is 1.72. The number of aliphatic hydroxyl groups is 1. The van der Waals surface area contributed by atoms with E-state index in [9.17, 15) is 5.11 Å². The molecule has 0 fully saturated rings. The maximum Gasteiger partial charge on any atom is 0.141 e. The highest BCUT2D eigenvalue weighted by Crippen LogP contribution is 2.35. The minimum absolute atomic E-state index is 0.533. The van der Waals surface area contributed by atoms with Gasteiger partial charge in [0.15, 0.2) is 0 Å². The second kappa shape index (κ2) is 5.28. The summed E-state index contributed by atoms with van der Waals surface area (Å²) in [6.07, 6.45) is 1.12. The van der Waals surface area contributed by atoms with Crippen molar-refractivity contribution in [2.24, 2.45) is 0 Å². The number of hydrogen-bond acceptors (Lipinski definition) is 6. The number of rotatable bonds is 2. The van der Waals surface area contributed by atoms with Crippen LogP contribution in [-0.4, -0.2) is 31.4 Å². The first kappa shape index (κ1) is 14.6. The third kappa shape index (κ3) is 2.31. The second-order valence-corrected chi connectivity index (χ2v) is 7.25. The average Bonchev–Trinajstić information content (AvgIpc) is 3.08. The first-order valence-electron chi connectivity index (χ1n) is 7.75. The third-order valence-electron chi connectivity index (χ3n) is 4.49. The van der Waals surface area contributed by atoms with Gasteiger partial charge in [-0.25, -0.2) is 9.97 Å². The maximum atomic E-state index is 9.73. The Morgan fingerprint density at radius 1 is 1.26 bits per heavy atom. The Morgan fingerprint density at radius 3 is 2.87 bits per heavy atom. The van der Waals surface area contributed by atoms with Crippen LogP contribution >= 0.6 is 11.3 Å². The Labute approximate surface area is 138 Å². The molecular weight excluding hydrogens is 310 g/mol. The fourth-order valence-electron chi connectivity index (χ4n) is 3.08. The summed E-state index contributed by atoms with van der Waals surface area (Å²) in [4.78, 5) is 13.6. The van der Waals surface area contributed by atoms with Crippen molar-refractivity contribution < 1.29 is 5.11 Å². The zero-order valence-corrected chi connectivity index (χ0v) is 14.3. The number of aromatic nitrogens is 4. The highest BCUT2D eigenvalue weighted by molar-refractivity contribution is 7.18. The van der Waals surface area contributed by atoms with Crippen molar-refractivity contribution in [3.05, 3.63) is 34.2 Å². The molecule has 0 saturated carbocycles. The largest absolute Gasteiger partial charge is 0.387 e. The fraction of sp³-hybridized carbons (Fsp3) is 0.438. The molecule has 0 aliphatic carbocycles. The second-order valence-electron chi connectivity index (χ2n) is 6.04. The van der Waals surface area contributed by atoms with Crippen LogP contribution in [0.3, 0.4) is 0 Å². The molecule has 6 nitrogen and oxygen atoms in total. The van der Waals surface area contributed by atoms with Crippen LogP contribution in [0.15, 0.2) is 12.4 Å². The van der Waals surface area contributed by atoms with Gasteiger partial charge < -0.3 is 10.0 Å². The van der Waals surface area contributed by atoms with Gasteiger partial charge in [0.1, 0.15) is 17.0 Å². The maximum absolute atomic E-state index is 9.73. The number of aliphatic hydroxyl groups excluding tert-OH is 1. The third-order valence-corrected chi connectivity index (χ3v) is 5.60. The molecule has 0 radical (unpaired) electrons. The molecule has 0 spiro atoms. The summed E-state index contributed by atoms with van der Waals surface area (Å²) in [5.41, 5.74) is 3.12. The molecule has 0 saturated heterocycles. The van der Waals surface area contributed by atoms with Gasteiger partial charge in [-0.3, -0.25) is 4.68 Å². The van der Waals surface area contributed by atoms with Crippen LogP contribution in [0.1, 0.15) is 34.9 Å². The molecule has 1 aliphatic rings. The SMILES string of the molecule is Cc1sc2ncnc(N3CCn4nc([C@H](C)O)cc4C3)c2c1C. The van der Waals surface area contributed by atoms with Crippen molar-refractivity contribution in [1.29, 1.82) is 0 Å². The van der Waals surface area contributed by atoms with Crippen molar-refractivity contribution in [3.63, 3.8) is 0 Å². The summed E-state index contributed by atoms with van der Waals surface area (Å²) < 4.78 is 1.99. The zero-order valence-electron chi connectivity index (χ0n) is 13.4. The molecule has 1 atom stereocenters. The van der Waals surface area contributed by atoms with Crippen molar-refractivity contribution in [2.75, 3.05) is 11.4 Å². The van der Waals surface area contributed by atoms with Crippen molar-refractivity contribution in [1.82, 2.24) is 19.7 Å². The summed E-state index contributed by atoms with van der Waals surface area (Å²) in [6.45, 7) is 8.42. The van der Waals surface area contributed by atoms with E-state index in [2.05, 4.69) is 33.8 Å². The van der Waals surface area contributed by atoms with Crippen LogP contribution in [-0.2, 0) is 13.1 Å². The first-order valence-corrected chi connectivity index (χ1v) is 8.56. The minimum atomic E-state index is -0.533. The molecule has 0 bridgehead atoms. The number of hydrogen-bond donors (Lipinski definition) is 1. The zero-order chi connectivity index (χ0) is 16.1. The van der Waals surface area contributed by atoms with E-state index in [0.717, 1.165) is 41.7 Å². The molecule has 120 valence electrons. The van der Waals surface area contributed by atoms with E-state index in [4.69, 9.17) is 0 Å². The number of thiophene rings is 1. The molecule has 4 rings (SSSR count). The number of aryl methyl sites for hydroxylation is 2. The molecule has 3 aromatic rings. The summed E-state index contributed by atoms with van der Waals surface area (Å²) in [5.74, 6) is 1.00. The Balaban J connectivity index is 1.75. The lowest BCUT2D eigenvalue weighted by atomic mass is 10.2. The van der Waals surface area contributed by atoms with E-state index in [-0.39, 0.29) is 0 Å². The van der Waals surface area contributed by atoms with Crippen LogP contribution in [0, 0.1) is 13.8 Å². The Morgan fingerprint density at radius 2 is 2.09 bits per heavy atom. The smallest absolute Gasteiger partial charge is 0.141 e. The molecule has 4 heterocycles. The predicted octanol–water partition coefficient (Wildman–Crippen LogP) is 2.58. The van der Waals surface area contributed by atoms with E-state index in [1.807, 2.05) is 10.7 Å². The predicted molar refractivity (Wildman–Crippen MR) is 90.8 cm³/mol. The van der Waals surface area contributed by atoms with E-state index in [1.165, 1.54) is 15.8 Å². The average molecular weight is 329 g/mol. The molecule has 1 aliphatic heterocycles. The van der Waals surface area contributed by atoms with Gasteiger partial charge >= 0.3 is 0 Å². The molecule has 0 unspecified atom stereocenters. The Bertz CT molecular complexity index is 882. The van der Waals surface area contributed by atoms with Gasteiger partial charge in [-0.15, -0.1) is 11.3 Å². The van der Waals surface area contributed by atoms with Gasteiger partial charge in [0, 0.05) is 11.4 Å². The Kier molecular flexibility index (Phi) is 3.35. The molecule has 3 aromatic heterocycles. The van der Waals surface area contributed by atoms with Gasteiger partial charge in [0.25, 0.3) is 0 Å². The van der Waals surface area contributed by atoms with Crippen LogP contribution in [0.25, 0.3) is 10.2 Å². The first-order chi connectivity index (χ1) is 11.0. The molecular formula is C16H19N5OS. The number of fused-ring (bicyclic) bond motifs is 2. The lowest BCUT2D eigenvalue weighted by Gasteiger charge is -2.29. The van der Waals surface area contributed by atoms with Gasteiger partial charge in [-0.1, -0.05) is 0 Å². The standard InChI is InChI=1S/C16H19N5OS/c1-9-11(3)23-16-14(9)15(17-8-18-16)20-4-5-21-12(7-20)6-13(19-21)10(2)22/h6,8,10,22H,4-5,7H2,1-3H3/t10-/m0/s1. The summed E-state index contributed by atoms with van der Waals surface area (Å²) in [7, 11) is 0. The number of nitrogens with zero attached hydrogens (tertiary/aromatic N) is 5. The molecule has 1 N–H and O–H groups in total. The lowest BCUT2D eigenvalue weighted by Crippen LogP contribution is -2.34. The van der Waals surface area contributed by atoms with E-state index >= 15 is 0 Å².